The summed E-state index contributed by atoms with van der Waals surface area (Å²) < 4.78 is 1.96. The number of carbonyl (C=O) groups is 1. The molecule has 28 heavy (non-hydrogen) atoms. The third kappa shape index (κ3) is 3.43. The zero-order valence-electron chi connectivity index (χ0n) is 16.0. The van der Waals surface area contributed by atoms with Crippen LogP contribution in [0.5, 0.6) is 0 Å². The van der Waals surface area contributed by atoms with E-state index in [0.29, 0.717) is 11.4 Å². The number of amidine groups is 1. The molecule has 2 aliphatic rings. The number of hydrogen-bond acceptors (Lipinski definition) is 5. The molecule has 7 heteroatoms. The summed E-state index contributed by atoms with van der Waals surface area (Å²) in [6, 6.07) is 8.27. The van der Waals surface area contributed by atoms with Gasteiger partial charge >= 0.3 is 5.13 Å². The Morgan fingerprint density at radius 3 is 2.79 bits per heavy atom. The topological polar surface area (TPSA) is 39.8 Å². The fraction of sp³-hybridized carbons (Fsp3) is 0.190. The summed E-state index contributed by atoms with van der Waals surface area (Å²) in [6.45, 7) is 2.57. The van der Waals surface area contributed by atoms with Gasteiger partial charge in [-0.15, -0.1) is 0 Å². The molecule has 0 radical (unpaired) electrons. The number of likely N-dealkylation sites (N-methyl/N-ethyl adjacent to an activating group) is 2. The van der Waals surface area contributed by atoms with E-state index in [1.807, 2.05) is 61.4 Å². The number of para-hydroxylation sites is 1. The number of thioether (sulfide) groups is 1. The molecule has 0 N–H and O–H groups in total. The molecule has 3 heterocycles. The Morgan fingerprint density at radius 2 is 2.04 bits per heavy atom. The van der Waals surface area contributed by atoms with Crippen LogP contribution in [0.3, 0.4) is 0 Å². The van der Waals surface area contributed by atoms with Gasteiger partial charge in [-0.1, -0.05) is 35.6 Å². The monoisotopic (exact) mass is 409 g/mol. The Hall–Kier alpha value is -2.64. The van der Waals surface area contributed by atoms with Crippen LogP contribution >= 0.6 is 23.1 Å². The zero-order chi connectivity index (χ0) is 19.7. The summed E-state index contributed by atoms with van der Waals surface area (Å²) in [5.41, 5.74) is 3.39. The van der Waals surface area contributed by atoms with Gasteiger partial charge in [-0.2, -0.15) is 0 Å². The second kappa shape index (κ2) is 7.77. The molecular formula is C21H21N4OS2+. The summed E-state index contributed by atoms with van der Waals surface area (Å²) in [5, 5.41) is 3.59. The molecule has 4 rings (SSSR count). The van der Waals surface area contributed by atoms with Crippen LogP contribution in [0.2, 0.25) is 0 Å². The lowest BCUT2D eigenvalue weighted by Crippen LogP contribution is -2.30. The number of amides is 1. The van der Waals surface area contributed by atoms with Gasteiger partial charge in [0.05, 0.1) is 12.0 Å². The van der Waals surface area contributed by atoms with Gasteiger partial charge < -0.3 is 4.90 Å². The van der Waals surface area contributed by atoms with Crippen LogP contribution in [-0.4, -0.2) is 29.6 Å². The normalized spacial score (nSPS) is 20.7. The van der Waals surface area contributed by atoms with Gasteiger partial charge in [0.2, 0.25) is 0 Å². The van der Waals surface area contributed by atoms with Crippen molar-refractivity contribution in [2.45, 2.75) is 6.92 Å². The van der Waals surface area contributed by atoms with E-state index in [0.717, 1.165) is 21.7 Å². The fourth-order valence-corrected chi connectivity index (χ4v) is 4.86. The average Bonchev–Trinajstić information content (AvgIpc) is 3.24. The van der Waals surface area contributed by atoms with Crippen molar-refractivity contribution in [3.05, 3.63) is 70.2 Å². The molecule has 0 atom stereocenters. The summed E-state index contributed by atoms with van der Waals surface area (Å²) in [7, 11) is 4.00. The molecule has 2 aliphatic heterocycles. The van der Waals surface area contributed by atoms with Crippen molar-refractivity contribution in [2.24, 2.45) is 12.0 Å². The third-order valence-corrected chi connectivity index (χ3v) is 6.55. The summed E-state index contributed by atoms with van der Waals surface area (Å²) in [6.07, 6.45) is 10.0. The van der Waals surface area contributed by atoms with E-state index >= 15 is 0 Å². The van der Waals surface area contributed by atoms with Gasteiger partial charge in [0, 0.05) is 30.4 Å². The molecule has 1 amide bonds. The van der Waals surface area contributed by atoms with Crippen molar-refractivity contribution >= 4 is 51.1 Å². The van der Waals surface area contributed by atoms with Gasteiger partial charge in [0.25, 0.3) is 11.1 Å². The van der Waals surface area contributed by atoms with E-state index in [1.54, 1.807) is 16.2 Å². The van der Waals surface area contributed by atoms with Gasteiger partial charge in [-0.25, -0.2) is 4.57 Å². The Morgan fingerprint density at radius 1 is 1.21 bits per heavy atom. The Labute approximate surface area is 173 Å². The number of aliphatic imine (C=N–C) groups is 1. The molecule has 0 unspecified atom stereocenters. The van der Waals surface area contributed by atoms with E-state index in [4.69, 9.17) is 4.99 Å². The standard InChI is InChI=1S/C21H21N4OS2/c1-4-25-19(26)18(28-21(25)22-20-23(2)13-14-27-20)12-11-16-10-9-15-7-5-6-8-17(15)24(16)3/h5-14H,4H2,1-3H3/q+1/b16-11+,18-12-. The van der Waals surface area contributed by atoms with E-state index in [2.05, 4.69) is 29.2 Å². The molecule has 2 aromatic rings. The van der Waals surface area contributed by atoms with Gasteiger partial charge in [0.15, 0.2) is 0 Å². The molecule has 0 spiro atoms. The lowest BCUT2D eigenvalue weighted by atomic mass is 10.1. The highest BCUT2D eigenvalue weighted by molar-refractivity contribution is 8.18. The molecule has 1 saturated heterocycles. The number of aryl methyl sites for hydroxylation is 1. The Bertz CT molecular complexity index is 1050. The highest BCUT2D eigenvalue weighted by atomic mass is 32.2. The first-order valence-electron chi connectivity index (χ1n) is 9.03. The predicted molar refractivity (Wildman–Crippen MR) is 118 cm³/mol. The first kappa shape index (κ1) is 18.7. The van der Waals surface area contributed by atoms with Gasteiger partial charge in [0.1, 0.15) is 6.20 Å². The van der Waals surface area contributed by atoms with E-state index in [9.17, 15) is 4.79 Å². The van der Waals surface area contributed by atoms with Crippen LogP contribution in [0.25, 0.3) is 6.08 Å². The molecule has 0 bridgehead atoms. The minimum Gasteiger partial charge on any atom is -0.344 e. The number of benzene rings is 1. The molecule has 142 valence electrons. The fourth-order valence-electron chi connectivity index (χ4n) is 3.09. The van der Waals surface area contributed by atoms with Crippen molar-refractivity contribution < 1.29 is 9.36 Å². The van der Waals surface area contributed by atoms with Crippen molar-refractivity contribution in [3.8, 4) is 0 Å². The highest BCUT2D eigenvalue weighted by Gasteiger charge is 2.36. The van der Waals surface area contributed by atoms with Gasteiger partial charge in [-0.05, 0) is 53.5 Å². The maximum absolute atomic E-state index is 12.8. The highest BCUT2D eigenvalue weighted by Crippen LogP contribution is 2.34. The van der Waals surface area contributed by atoms with E-state index in [1.165, 1.54) is 17.3 Å². The van der Waals surface area contributed by atoms with Crippen LogP contribution in [0.15, 0.2) is 69.7 Å². The largest absolute Gasteiger partial charge is 0.384 e. The number of thiazole rings is 1. The molecule has 5 nitrogen and oxygen atoms in total. The molecule has 1 fully saturated rings. The summed E-state index contributed by atoms with van der Waals surface area (Å²) in [5.74, 6) is 0.00477. The van der Waals surface area contributed by atoms with E-state index < -0.39 is 0 Å². The number of allylic oxidation sites excluding steroid dienone is 3. The Balaban J connectivity index is 1.62. The number of anilines is 1. The smallest absolute Gasteiger partial charge is 0.344 e. The SMILES string of the molecule is CCN1C(=O)/C(=C/C=C2\C=Cc3ccccc3N2C)S/C1=N\c1scc[n+]1C. The average molecular weight is 410 g/mol. The third-order valence-electron chi connectivity index (χ3n) is 4.68. The first-order valence-corrected chi connectivity index (χ1v) is 10.7. The molecule has 0 saturated carbocycles. The van der Waals surface area contributed by atoms with Crippen LogP contribution in [0.4, 0.5) is 10.8 Å². The second-order valence-corrected chi connectivity index (χ2v) is 8.30. The number of carbonyl (C=O) groups excluding carboxylic acids is 1. The van der Waals surface area contributed by atoms with Crippen LogP contribution in [0, 0.1) is 0 Å². The molecule has 0 aliphatic carbocycles. The minimum absolute atomic E-state index is 0.00477. The van der Waals surface area contributed by atoms with Crippen molar-refractivity contribution in [1.82, 2.24) is 4.90 Å². The first-order chi connectivity index (χ1) is 13.6. The number of nitrogens with zero attached hydrogens (tertiary/aromatic N) is 4. The maximum Gasteiger partial charge on any atom is 0.384 e. The van der Waals surface area contributed by atoms with Crippen LogP contribution in [-0.2, 0) is 11.8 Å². The van der Waals surface area contributed by atoms with Gasteiger partial charge in [-0.3, -0.25) is 9.69 Å². The lowest BCUT2D eigenvalue weighted by molar-refractivity contribution is -0.653. The predicted octanol–water partition coefficient (Wildman–Crippen LogP) is 4.09. The summed E-state index contributed by atoms with van der Waals surface area (Å²) in [4.78, 5) is 22.0. The number of rotatable bonds is 3. The minimum atomic E-state index is 0.00477. The van der Waals surface area contributed by atoms with E-state index in [-0.39, 0.29) is 5.91 Å². The molecule has 1 aromatic carbocycles. The number of hydrogen-bond donors (Lipinski definition) is 0. The summed E-state index contributed by atoms with van der Waals surface area (Å²) >= 11 is 2.99. The second-order valence-electron chi connectivity index (χ2n) is 6.42. The van der Waals surface area contributed by atoms with Crippen molar-refractivity contribution in [2.75, 3.05) is 18.5 Å². The van der Waals surface area contributed by atoms with Crippen molar-refractivity contribution in [1.29, 1.82) is 0 Å². The molecule has 1 aromatic heterocycles. The zero-order valence-corrected chi connectivity index (χ0v) is 17.6. The quantitative estimate of drug-likeness (QED) is 0.566. The van der Waals surface area contributed by atoms with Crippen LogP contribution in [0.1, 0.15) is 12.5 Å². The Kier molecular flexibility index (Phi) is 5.19. The van der Waals surface area contributed by atoms with Crippen molar-refractivity contribution in [3.63, 3.8) is 0 Å². The maximum atomic E-state index is 12.8. The van der Waals surface area contributed by atoms with Crippen LogP contribution < -0.4 is 9.47 Å². The number of aromatic nitrogens is 1. The number of fused-ring (bicyclic) bond motifs is 1. The molecular weight excluding hydrogens is 388 g/mol. The lowest BCUT2D eigenvalue weighted by Gasteiger charge is -2.26.